The maximum absolute atomic E-state index is 11.9. The zero-order valence-electron chi connectivity index (χ0n) is 10.1. The summed E-state index contributed by atoms with van der Waals surface area (Å²) in [6.07, 6.45) is 4.26. The maximum Gasteiger partial charge on any atom is 0.251 e. The van der Waals surface area contributed by atoms with Crippen molar-refractivity contribution in [2.24, 2.45) is 0 Å². The van der Waals surface area contributed by atoms with Crippen LogP contribution in [0.3, 0.4) is 0 Å². The van der Waals surface area contributed by atoms with Gasteiger partial charge < -0.3 is 5.32 Å². The van der Waals surface area contributed by atoms with Gasteiger partial charge in [-0.3, -0.25) is 4.79 Å². The number of benzene rings is 1. The Morgan fingerprint density at radius 2 is 2.29 bits per heavy atom. The summed E-state index contributed by atoms with van der Waals surface area (Å²) in [6.45, 7) is 2.96. The highest BCUT2D eigenvalue weighted by molar-refractivity contribution is 9.09. The zero-order valence-corrected chi connectivity index (χ0v) is 11.7. The number of alkyl halides is 1. The number of halogens is 1. The van der Waals surface area contributed by atoms with Gasteiger partial charge in [0.25, 0.3) is 5.91 Å². The lowest BCUT2D eigenvalue weighted by molar-refractivity contribution is 0.0956. The lowest BCUT2D eigenvalue weighted by Crippen LogP contribution is -2.22. The molecule has 1 aliphatic heterocycles. The van der Waals surface area contributed by atoms with E-state index in [1.165, 1.54) is 11.1 Å². The van der Waals surface area contributed by atoms with Gasteiger partial charge in [0, 0.05) is 16.9 Å². The van der Waals surface area contributed by atoms with Crippen LogP contribution in [0.2, 0.25) is 0 Å². The van der Waals surface area contributed by atoms with E-state index in [2.05, 4.69) is 40.3 Å². The molecule has 1 heterocycles. The first-order chi connectivity index (χ1) is 8.22. The maximum atomic E-state index is 11.9. The summed E-state index contributed by atoms with van der Waals surface area (Å²) in [7, 11) is 0. The van der Waals surface area contributed by atoms with Gasteiger partial charge in [0.05, 0.1) is 0 Å². The zero-order chi connectivity index (χ0) is 12.3. The van der Waals surface area contributed by atoms with E-state index in [1.807, 2.05) is 6.07 Å². The summed E-state index contributed by atoms with van der Waals surface area (Å²) in [6, 6.07) is 6.30. The predicted molar refractivity (Wildman–Crippen MR) is 73.7 cm³/mol. The largest absolute Gasteiger partial charge is 0.352 e. The molecule has 1 aliphatic rings. The number of hydrogen-bond donors (Lipinski definition) is 1. The second-order valence-electron chi connectivity index (χ2n) is 4.53. The Kier molecular flexibility index (Phi) is 4.21. The molecule has 0 saturated heterocycles. The number of carbonyl (C=O) groups is 1. The van der Waals surface area contributed by atoms with Gasteiger partial charge in [0.2, 0.25) is 0 Å². The molecule has 2 nitrogen and oxygen atoms in total. The van der Waals surface area contributed by atoms with Crippen molar-refractivity contribution in [2.45, 2.75) is 37.4 Å². The topological polar surface area (TPSA) is 29.1 Å². The molecule has 0 aromatic heterocycles. The number of amides is 1. The van der Waals surface area contributed by atoms with Crippen LogP contribution in [0.5, 0.6) is 0 Å². The minimum absolute atomic E-state index is 0.0792. The number of carbonyl (C=O) groups excluding carboxylic acids is 1. The SMILES string of the molecule is CCCC(Br)c1ccc2c(c1)C(=O)NCCC2. The van der Waals surface area contributed by atoms with E-state index < -0.39 is 0 Å². The van der Waals surface area contributed by atoms with Crippen LogP contribution in [0.15, 0.2) is 18.2 Å². The van der Waals surface area contributed by atoms with Crippen molar-refractivity contribution in [3.63, 3.8) is 0 Å². The average molecular weight is 296 g/mol. The van der Waals surface area contributed by atoms with Crippen LogP contribution in [0.4, 0.5) is 0 Å². The molecule has 3 heteroatoms. The van der Waals surface area contributed by atoms with E-state index in [1.54, 1.807) is 0 Å². The minimum atomic E-state index is 0.0792. The van der Waals surface area contributed by atoms with Crippen LogP contribution in [-0.2, 0) is 6.42 Å². The van der Waals surface area contributed by atoms with Crippen LogP contribution in [0, 0.1) is 0 Å². The molecule has 0 bridgehead atoms. The quantitative estimate of drug-likeness (QED) is 0.848. The van der Waals surface area contributed by atoms with Crippen molar-refractivity contribution < 1.29 is 4.79 Å². The molecule has 0 saturated carbocycles. The van der Waals surface area contributed by atoms with Gasteiger partial charge in [-0.15, -0.1) is 0 Å². The van der Waals surface area contributed by atoms with Crippen LogP contribution < -0.4 is 5.32 Å². The average Bonchev–Trinajstić information content (AvgIpc) is 2.51. The van der Waals surface area contributed by atoms with Crippen molar-refractivity contribution in [3.05, 3.63) is 34.9 Å². The Labute approximate surface area is 111 Å². The van der Waals surface area contributed by atoms with Gasteiger partial charge in [0.1, 0.15) is 0 Å². The molecule has 0 spiro atoms. The van der Waals surface area contributed by atoms with E-state index >= 15 is 0 Å². The van der Waals surface area contributed by atoms with Gasteiger partial charge >= 0.3 is 0 Å². The minimum Gasteiger partial charge on any atom is -0.352 e. The predicted octanol–water partition coefficient (Wildman–Crippen LogP) is 3.60. The van der Waals surface area contributed by atoms with Crippen LogP contribution in [-0.4, -0.2) is 12.5 Å². The van der Waals surface area contributed by atoms with Crippen molar-refractivity contribution in [3.8, 4) is 0 Å². The lowest BCUT2D eigenvalue weighted by atomic mass is 9.98. The molecule has 2 rings (SSSR count). The van der Waals surface area contributed by atoms with E-state index in [0.29, 0.717) is 4.83 Å². The molecule has 1 aromatic carbocycles. The van der Waals surface area contributed by atoms with Gasteiger partial charge in [-0.2, -0.15) is 0 Å². The molecule has 0 aliphatic carbocycles. The van der Waals surface area contributed by atoms with Gasteiger partial charge in [0.15, 0.2) is 0 Å². The van der Waals surface area contributed by atoms with Crippen molar-refractivity contribution in [1.29, 1.82) is 0 Å². The summed E-state index contributed by atoms with van der Waals surface area (Å²) >= 11 is 3.68. The smallest absolute Gasteiger partial charge is 0.251 e. The Morgan fingerprint density at radius 1 is 1.47 bits per heavy atom. The summed E-state index contributed by atoms with van der Waals surface area (Å²) < 4.78 is 0. The summed E-state index contributed by atoms with van der Waals surface area (Å²) in [4.78, 5) is 12.3. The Hall–Kier alpha value is -0.830. The molecular formula is C14H18BrNO. The summed E-state index contributed by atoms with van der Waals surface area (Å²) in [5.74, 6) is 0.0792. The van der Waals surface area contributed by atoms with E-state index in [0.717, 1.165) is 37.8 Å². The molecule has 0 fully saturated rings. The van der Waals surface area contributed by atoms with Crippen molar-refractivity contribution in [1.82, 2.24) is 5.32 Å². The molecule has 1 amide bonds. The molecule has 92 valence electrons. The molecular weight excluding hydrogens is 278 g/mol. The Bertz CT molecular complexity index is 417. The summed E-state index contributed by atoms with van der Waals surface area (Å²) in [5.41, 5.74) is 3.25. The van der Waals surface area contributed by atoms with Crippen molar-refractivity contribution >= 4 is 21.8 Å². The first kappa shape index (κ1) is 12.6. The second kappa shape index (κ2) is 5.67. The number of rotatable bonds is 3. The highest BCUT2D eigenvalue weighted by Crippen LogP contribution is 2.29. The van der Waals surface area contributed by atoms with Crippen LogP contribution in [0.1, 0.15) is 52.5 Å². The van der Waals surface area contributed by atoms with Gasteiger partial charge in [-0.25, -0.2) is 0 Å². The summed E-state index contributed by atoms with van der Waals surface area (Å²) in [5, 5.41) is 2.94. The fourth-order valence-corrected chi connectivity index (χ4v) is 2.96. The molecule has 1 atom stereocenters. The van der Waals surface area contributed by atoms with E-state index in [9.17, 15) is 4.79 Å². The van der Waals surface area contributed by atoms with Crippen LogP contribution in [0.25, 0.3) is 0 Å². The highest BCUT2D eigenvalue weighted by atomic mass is 79.9. The Balaban J connectivity index is 2.31. The van der Waals surface area contributed by atoms with Crippen LogP contribution >= 0.6 is 15.9 Å². The molecule has 17 heavy (non-hydrogen) atoms. The molecule has 1 unspecified atom stereocenters. The standard InChI is InChI=1S/C14H18BrNO/c1-2-4-13(15)11-7-6-10-5-3-8-16-14(17)12(10)9-11/h6-7,9,13H,2-5,8H2,1H3,(H,16,17). The fourth-order valence-electron chi connectivity index (χ4n) is 2.21. The molecule has 0 radical (unpaired) electrons. The molecule has 1 N–H and O–H groups in total. The number of fused-ring (bicyclic) bond motifs is 1. The number of hydrogen-bond acceptors (Lipinski definition) is 1. The lowest BCUT2D eigenvalue weighted by Gasteiger charge is -2.12. The third-order valence-electron chi connectivity index (χ3n) is 3.19. The monoisotopic (exact) mass is 295 g/mol. The number of aryl methyl sites for hydroxylation is 1. The number of nitrogens with one attached hydrogen (secondary N) is 1. The molecule has 1 aromatic rings. The third-order valence-corrected chi connectivity index (χ3v) is 4.18. The first-order valence-electron chi connectivity index (χ1n) is 6.27. The second-order valence-corrected chi connectivity index (χ2v) is 5.64. The normalized spacial score (nSPS) is 16.9. The van der Waals surface area contributed by atoms with Gasteiger partial charge in [-0.1, -0.05) is 41.4 Å². The Morgan fingerprint density at radius 3 is 3.06 bits per heavy atom. The fraction of sp³-hybridized carbons (Fsp3) is 0.500. The van der Waals surface area contributed by atoms with E-state index in [4.69, 9.17) is 0 Å². The van der Waals surface area contributed by atoms with Crippen molar-refractivity contribution in [2.75, 3.05) is 6.54 Å². The first-order valence-corrected chi connectivity index (χ1v) is 7.19. The van der Waals surface area contributed by atoms with Gasteiger partial charge in [-0.05, 0) is 36.5 Å². The highest BCUT2D eigenvalue weighted by Gasteiger charge is 2.17. The van der Waals surface area contributed by atoms with E-state index in [-0.39, 0.29) is 5.91 Å². The third kappa shape index (κ3) is 2.89.